The van der Waals surface area contributed by atoms with Crippen LogP contribution in [0.5, 0.6) is 0 Å². The Hall–Kier alpha value is -1.79. The van der Waals surface area contributed by atoms with Gasteiger partial charge in [0.05, 0.1) is 32.0 Å². The molecule has 2 aliphatic heterocycles. The van der Waals surface area contributed by atoms with Gasteiger partial charge in [0.15, 0.2) is 12.6 Å². The van der Waals surface area contributed by atoms with Gasteiger partial charge < -0.3 is 65.1 Å². The summed E-state index contributed by atoms with van der Waals surface area (Å²) in [6.07, 6.45) is 66.7. The third-order valence-corrected chi connectivity index (χ3v) is 19.6. The molecule has 1 amide bonds. The van der Waals surface area contributed by atoms with E-state index in [9.17, 15) is 45.6 Å². The lowest BCUT2D eigenvalue weighted by Crippen LogP contribution is -2.65. The van der Waals surface area contributed by atoms with Crippen LogP contribution >= 0.6 is 0 Å². The smallest absolute Gasteiger partial charge is 0.220 e. The van der Waals surface area contributed by atoms with E-state index in [0.717, 1.165) is 44.9 Å². The lowest BCUT2D eigenvalue weighted by atomic mass is 9.97. The fourth-order valence-electron chi connectivity index (χ4n) is 13.3. The lowest BCUT2D eigenvalue weighted by Gasteiger charge is -2.46. The summed E-state index contributed by atoms with van der Waals surface area (Å²) in [5, 5.41) is 87.6. The van der Waals surface area contributed by atoms with Crippen molar-refractivity contribution in [3.63, 3.8) is 0 Å². The highest BCUT2D eigenvalue weighted by molar-refractivity contribution is 5.76. The van der Waals surface area contributed by atoms with Crippen LogP contribution in [0, 0.1) is 0 Å². The molecule has 14 nitrogen and oxygen atoms in total. The first-order valence-electron chi connectivity index (χ1n) is 39.7. The molecule has 93 heavy (non-hydrogen) atoms. The molecule has 2 rings (SSSR count). The maximum absolute atomic E-state index is 13.4. The quantitative estimate of drug-likeness (QED) is 0.0204. The first-order chi connectivity index (χ1) is 45.6. The molecule has 2 fully saturated rings. The number of hydrogen-bond donors (Lipinski definition) is 9. The van der Waals surface area contributed by atoms with Gasteiger partial charge in [0, 0.05) is 6.42 Å². The summed E-state index contributed by atoms with van der Waals surface area (Å²) in [6, 6.07) is -0.938. The summed E-state index contributed by atoms with van der Waals surface area (Å²) in [6.45, 7) is 2.84. The van der Waals surface area contributed by atoms with E-state index >= 15 is 0 Å². The number of ether oxygens (including phenoxy) is 4. The zero-order valence-electron chi connectivity index (χ0n) is 60.0. The molecular formula is C79H149NO13. The van der Waals surface area contributed by atoms with Gasteiger partial charge in [0.1, 0.15) is 48.8 Å². The second-order valence-corrected chi connectivity index (χ2v) is 28.2. The van der Waals surface area contributed by atoms with Crippen LogP contribution in [-0.4, -0.2) is 140 Å². The van der Waals surface area contributed by atoms with Crippen LogP contribution in [0.1, 0.15) is 367 Å². The predicted octanol–water partition coefficient (Wildman–Crippen LogP) is 17.6. The van der Waals surface area contributed by atoms with Gasteiger partial charge in [-0.15, -0.1) is 0 Å². The molecule has 2 heterocycles. The standard InChI is InChI=1S/C79H149NO13/c1-3-5-7-9-11-13-15-17-19-21-23-25-27-29-30-31-32-33-34-35-36-37-38-39-41-43-45-47-49-51-53-55-57-59-61-63-71(84)80-67(66-90-78-76(89)74(87)77(70(65-82)92-78)93-79-75(88)73(86)72(85)69(64-81)91-79)68(83)62-60-58-56-54-52-50-48-46-44-42-40-28-26-24-22-20-18-16-14-12-10-8-6-4-2/h44,46,52,54,60,62,67-70,72-79,81-83,85-89H,3-43,45,47-51,53,55-59,61,63-66H2,1-2H3,(H,80,84)/b46-44+,54-52+,62-60+. The summed E-state index contributed by atoms with van der Waals surface area (Å²) >= 11 is 0. The maximum atomic E-state index is 13.4. The van der Waals surface area contributed by atoms with E-state index in [4.69, 9.17) is 18.9 Å². The van der Waals surface area contributed by atoms with Gasteiger partial charge in [0.2, 0.25) is 5.91 Å². The normalized spacial score (nSPS) is 22.7. The number of carbonyl (C=O) groups is 1. The number of aliphatic hydroxyl groups excluding tert-OH is 8. The number of amides is 1. The van der Waals surface area contributed by atoms with E-state index in [0.29, 0.717) is 12.8 Å². The van der Waals surface area contributed by atoms with Gasteiger partial charge in [-0.05, 0) is 44.9 Å². The highest BCUT2D eigenvalue weighted by atomic mass is 16.7. The van der Waals surface area contributed by atoms with Crippen molar-refractivity contribution in [2.75, 3.05) is 19.8 Å². The van der Waals surface area contributed by atoms with Crippen molar-refractivity contribution in [1.29, 1.82) is 0 Å². The van der Waals surface area contributed by atoms with Gasteiger partial charge in [-0.3, -0.25) is 4.79 Å². The molecular weight excluding hydrogens is 1170 g/mol. The minimum atomic E-state index is -1.79. The molecule has 548 valence electrons. The van der Waals surface area contributed by atoms with Crippen molar-refractivity contribution in [2.24, 2.45) is 0 Å². The van der Waals surface area contributed by atoms with E-state index in [-0.39, 0.29) is 18.9 Å². The Balaban J connectivity index is 1.62. The van der Waals surface area contributed by atoms with Crippen molar-refractivity contribution in [3.05, 3.63) is 36.5 Å². The molecule has 0 aromatic carbocycles. The minimum absolute atomic E-state index is 0.245. The van der Waals surface area contributed by atoms with E-state index in [1.807, 2.05) is 6.08 Å². The first-order valence-corrected chi connectivity index (χ1v) is 39.7. The second kappa shape index (κ2) is 63.6. The number of nitrogens with one attached hydrogen (secondary N) is 1. The minimum Gasteiger partial charge on any atom is -0.394 e. The molecule has 14 heteroatoms. The summed E-state index contributed by atoms with van der Waals surface area (Å²) in [5.41, 5.74) is 0. The number of allylic oxidation sites excluding steroid dienone is 5. The topological polar surface area (TPSA) is 228 Å². The highest BCUT2D eigenvalue weighted by Gasteiger charge is 2.51. The Bertz CT molecular complexity index is 1700. The van der Waals surface area contributed by atoms with Crippen molar-refractivity contribution >= 4 is 5.91 Å². The molecule has 0 radical (unpaired) electrons. The predicted molar refractivity (Wildman–Crippen MR) is 383 cm³/mol. The van der Waals surface area contributed by atoms with Crippen LogP contribution in [-0.2, 0) is 23.7 Å². The zero-order valence-corrected chi connectivity index (χ0v) is 60.0. The molecule has 0 saturated carbocycles. The Kier molecular flexibility index (Phi) is 59.7. The van der Waals surface area contributed by atoms with E-state index < -0.39 is 86.8 Å². The molecule has 12 unspecified atom stereocenters. The Labute approximate surface area is 570 Å². The van der Waals surface area contributed by atoms with Crippen molar-refractivity contribution < 1.29 is 64.6 Å². The summed E-state index contributed by atoms with van der Waals surface area (Å²) in [4.78, 5) is 13.4. The van der Waals surface area contributed by atoms with E-state index in [1.54, 1.807) is 6.08 Å². The second-order valence-electron chi connectivity index (χ2n) is 28.2. The van der Waals surface area contributed by atoms with Crippen LogP contribution in [0.25, 0.3) is 0 Å². The Morgan fingerprint density at radius 1 is 0.376 bits per heavy atom. The van der Waals surface area contributed by atoms with E-state index in [1.165, 1.54) is 289 Å². The van der Waals surface area contributed by atoms with Crippen molar-refractivity contribution in [2.45, 2.75) is 441 Å². The highest BCUT2D eigenvalue weighted by Crippen LogP contribution is 2.30. The Morgan fingerprint density at radius 3 is 1.05 bits per heavy atom. The number of carbonyl (C=O) groups excluding carboxylic acids is 1. The number of aliphatic hydroxyl groups is 8. The molecule has 0 aliphatic carbocycles. The largest absolute Gasteiger partial charge is 0.394 e. The first kappa shape index (κ1) is 87.3. The van der Waals surface area contributed by atoms with Crippen molar-refractivity contribution in [3.8, 4) is 0 Å². The van der Waals surface area contributed by atoms with Crippen LogP contribution in [0.3, 0.4) is 0 Å². The summed E-state index contributed by atoms with van der Waals surface area (Å²) < 4.78 is 22.9. The number of rotatable bonds is 67. The monoisotopic (exact) mass is 1320 g/mol. The van der Waals surface area contributed by atoms with Crippen LogP contribution in [0.2, 0.25) is 0 Å². The van der Waals surface area contributed by atoms with Gasteiger partial charge in [-0.1, -0.05) is 352 Å². The third-order valence-electron chi connectivity index (χ3n) is 19.6. The average molecular weight is 1320 g/mol. The van der Waals surface area contributed by atoms with Gasteiger partial charge in [-0.2, -0.15) is 0 Å². The molecule has 0 spiro atoms. The molecule has 12 atom stereocenters. The summed E-state index contributed by atoms with van der Waals surface area (Å²) in [7, 11) is 0. The maximum Gasteiger partial charge on any atom is 0.220 e. The Morgan fingerprint density at radius 2 is 0.688 bits per heavy atom. The SMILES string of the molecule is CCCCCCCCCCCCCCCC/C=C/CC/C=C/CC/C=C/C(O)C(COC1OC(CO)C(OC2OC(CO)C(O)C(O)C2O)C(O)C1O)NC(=O)CCCCCCCCCCCCCCCCCCCCCCCCCCCCCCCCCCCCC. The molecule has 2 saturated heterocycles. The van der Waals surface area contributed by atoms with E-state index in [2.05, 4.69) is 43.5 Å². The van der Waals surface area contributed by atoms with Crippen molar-refractivity contribution in [1.82, 2.24) is 5.32 Å². The van der Waals surface area contributed by atoms with Gasteiger partial charge in [-0.25, -0.2) is 0 Å². The van der Waals surface area contributed by atoms with Crippen LogP contribution in [0.15, 0.2) is 36.5 Å². The van der Waals surface area contributed by atoms with Crippen LogP contribution < -0.4 is 5.32 Å². The zero-order chi connectivity index (χ0) is 67.3. The van der Waals surface area contributed by atoms with Gasteiger partial charge in [0.25, 0.3) is 0 Å². The van der Waals surface area contributed by atoms with Crippen LogP contribution in [0.4, 0.5) is 0 Å². The fourth-order valence-corrected chi connectivity index (χ4v) is 13.3. The molecule has 0 aromatic heterocycles. The fraction of sp³-hybridized carbons (Fsp3) is 0.911. The number of hydrogen-bond acceptors (Lipinski definition) is 13. The lowest BCUT2D eigenvalue weighted by molar-refractivity contribution is -0.359. The summed E-state index contributed by atoms with van der Waals surface area (Å²) in [5.74, 6) is -0.245. The molecule has 2 aliphatic rings. The molecule has 9 N–H and O–H groups in total. The number of unbranched alkanes of at least 4 members (excludes halogenated alkanes) is 50. The third kappa shape index (κ3) is 47.0. The molecule has 0 aromatic rings. The molecule has 0 bridgehead atoms. The van der Waals surface area contributed by atoms with Gasteiger partial charge >= 0.3 is 0 Å². The average Bonchev–Trinajstić information content (AvgIpc) is 0.831.